The third-order valence-electron chi connectivity index (χ3n) is 1.97. The zero-order chi connectivity index (χ0) is 8.01. The van der Waals surface area contributed by atoms with Crippen molar-refractivity contribution in [1.82, 2.24) is 4.98 Å². The number of fused-ring (bicyclic) bond motifs is 1. The summed E-state index contributed by atoms with van der Waals surface area (Å²) < 4.78 is 0. The van der Waals surface area contributed by atoms with E-state index in [1.165, 1.54) is 0 Å². The van der Waals surface area contributed by atoms with Gasteiger partial charge in [-0.25, -0.2) is 4.98 Å². The Morgan fingerprint density at radius 3 is 3.00 bits per heavy atom. The molecule has 0 fully saturated rings. The fourth-order valence-corrected chi connectivity index (χ4v) is 1.79. The molecule has 1 unspecified atom stereocenters. The van der Waals surface area contributed by atoms with Crippen molar-refractivity contribution in [2.45, 2.75) is 19.4 Å². The third kappa shape index (κ3) is 0.940. The maximum absolute atomic E-state index is 9.25. The highest BCUT2D eigenvalue weighted by Crippen LogP contribution is 2.37. The van der Waals surface area contributed by atoms with E-state index >= 15 is 0 Å². The van der Waals surface area contributed by atoms with Crippen molar-refractivity contribution in [3.63, 3.8) is 0 Å². The molecule has 1 aromatic rings. The van der Waals surface area contributed by atoms with Crippen LogP contribution in [0.4, 0.5) is 0 Å². The van der Waals surface area contributed by atoms with Gasteiger partial charge in [-0.3, -0.25) is 0 Å². The highest BCUT2D eigenvalue weighted by molar-refractivity contribution is 6.30. The molecule has 0 radical (unpaired) electrons. The van der Waals surface area contributed by atoms with Crippen molar-refractivity contribution in [3.05, 3.63) is 28.0 Å². The standard InChI is InChI=1S/C8H8ClNO/c1-4-2-5-3-6(11)7(5)8(9)10-4/h2,6,11H,3H2,1H3. The topological polar surface area (TPSA) is 33.1 Å². The largest absolute Gasteiger partial charge is 0.388 e. The monoisotopic (exact) mass is 169 g/mol. The lowest BCUT2D eigenvalue weighted by molar-refractivity contribution is 0.153. The molecule has 1 aromatic heterocycles. The summed E-state index contributed by atoms with van der Waals surface area (Å²) in [4.78, 5) is 4.04. The Bertz CT molecular complexity index is 294. The molecule has 1 N–H and O–H groups in total. The van der Waals surface area contributed by atoms with Gasteiger partial charge in [0.05, 0.1) is 6.10 Å². The molecule has 1 atom stereocenters. The minimum absolute atomic E-state index is 0.384. The number of aliphatic hydroxyl groups is 1. The maximum atomic E-state index is 9.25. The average Bonchev–Trinajstić information content (AvgIpc) is 1.83. The molecule has 0 bridgehead atoms. The van der Waals surface area contributed by atoms with E-state index in [0.717, 1.165) is 23.2 Å². The average molecular weight is 170 g/mol. The minimum atomic E-state index is -0.384. The van der Waals surface area contributed by atoms with E-state index in [4.69, 9.17) is 11.6 Å². The van der Waals surface area contributed by atoms with Gasteiger partial charge in [0.15, 0.2) is 0 Å². The van der Waals surface area contributed by atoms with E-state index in [9.17, 15) is 5.11 Å². The molecule has 0 spiro atoms. The minimum Gasteiger partial charge on any atom is -0.388 e. The quantitative estimate of drug-likeness (QED) is 0.599. The van der Waals surface area contributed by atoms with E-state index in [1.807, 2.05) is 13.0 Å². The van der Waals surface area contributed by atoms with Gasteiger partial charge in [0, 0.05) is 17.7 Å². The lowest BCUT2D eigenvalue weighted by Crippen LogP contribution is -2.18. The van der Waals surface area contributed by atoms with Gasteiger partial charge in [-0.05, 0) is 18.6 Å². The number of halogens is 1. The first-order valence-electron chi connectivity index (χ1n) is 3.52. The smallest absolute Gasteiger partial charge is 0.135 e. The van der Waals surface area contributed by atoms with Crippen LogP contribution < -0.4 is 0 Å². The summed E-state index contributed by atoms with van der Waals surface area (Å²) in [5.74, 6) is 0. The van der Waals surface area contributed by atoms with Crippen LogP contribution >= 0.6 is 11.6 Å². The van der Waals surface area contributed by atoms with Crippen LogP contribution in [0.25, 0.3) is 0 Å². The second-order valence-corrected chi connectivity index (χ2v) is 3.21. The molecule has 0 amide bonds. The Kier molecular flexibility index (Phi) is 1.41. The molecule has 1 aliphatic carbocycles. The van der Waals surface area contributed by atoms with Gasteiger partial charge in [-0.2, -0.15) is 0 Å². The lowest BCUT2D eigenvalue weighted by atomic mass is 9.87. The van der Waals surface area contributed by atoms with Crippen LogP contribution in [0.15, 0.2) is 6.07 Å². The summed E-state index contributed by atoms with van der Waals surface area (Å²) in [5, 5.41) is 9.70. The predicted octanol–water partition coefficient (Wildman–Crippen LogP) is 1.63. The molecule has 58 valence electrons. The summed E-state index contributed by atoms with van der Waals surface area (Å²) in [7, 11) is 0. The van der Waals surface area contributed by atoms with Crippen molar-refractivity contribution in [1.29, 1.82) is 0 Å². The molecule has 0 aromatic carbocycles. The number of aryl methyl sites for hydroxylation is 1. The van der Waals surface area contributed by atoms with Crippen LogP contribution in [-0.2, 0) is 6.42 Å². The Morgan fingerprint density at radius 1 is 1.73 bits per heavy atom. The van der Waals surface area contributed by atoms with Crippen LogP contribution in [0.2, 0.25) is 5.15 Å². The van der Waals surface area contributed by atoms with Crippen molar-refractivity contribution >= 4 is 11.6 Å². The number of hydrogen-bond donors (Lipinski definition) is 1. The van der Waals surface area contributed by atoms with E-state index < -0.39 is 0 Å². The van der Waals surface area contributed by atoms with E-state index in [2.05, 4.69) is 4.98 Å². The summed E-state index contributed by atoms with van der Waals surface area (Å²) >= 11 is 5.79. The molecule has 0 saturated heterocycles. The fourth-order valence-electron chi connectivity index (χ4n) is 1.41. The van der Waals surface area contributed by atoms with Gasteiger partial charge in [0.25, 0.3) is 0 Å². The van der Waals surface area contributed by atoms with E-state index in [-0.39, 0.29) is 6.10 Å². The molecule has 1 heterocycles. The third-order valence-corrected chi connectivity index (χ3v) is 2.26. The summed E-state index contributed by atoms with van der Waals surface area (Å²) in [6.45, 7) is 1.90. The van der Waals surface area contributed by atoms with Gasteiger partial charge in [0.2, 0.25) is 0 Å². The van der Waals surface area contributed by atoms with Crippen molar-refractivity contribution in [2.24, 2.45) is 0 Å². The van der Waals surface area contributed by atoms with Crippen LogP contribution in [0.1, 0.15) is 22.9 Å². The number of hydrogen-bond acceptors (Lipinski definition) is 2. The zero-order valence-corrected chi connectivity index (χ0v) is 6.89. The number of aliphatic hydroxyl groups excluding tert-OH is 1. The van der Waals surface area contributed by atoms with Crippen LogP contribution in [0.5, 0.6) is 0 Å². The van der Waals surface area contributed by atoms with Crippen LogP contribution in [0.3, 0.4) is 0 Å². The van der Waals surface area contributed by atoms with Crippen molar-refractivity contribution in [2.75, 3.05) is 0 Å². The molecule has 2 nitrogen and oxygen atoms in total. The van der Waals surface area contributed by atoms with Crippen LogP contribution in [-0.4, -0.2) is 10.1 Å². The normalized spacial score (nSPS) is 20.8. The van der Waals surface area contributed by atoms with Gasteiger partial charge < -0.3 is 5.11 Å². The highest BCUT2D eigenvalue weighted by Gasteiger charge is 2.27. The SMILES string of the molecule is Cc1cc2c(c(Cl)n1)C(O)C2. The predicted molar refractivity (Wildman–Crippen MR) is 42.6 cm³/mol. The highest BCUT2D eigenvalue weighted by atomic mass is 35.5. The van der Waals surface area contributed by atoms with Gasteiger partial charge in [0.1, 0.15) is 5.15 Å². The molecular weight excluding hydrogens is 162 g/mol. The number of rotatable bonds is 0. The molecule has 0 saturated carbocycles. The Balaban J connectivity index is 2.58. The molecule has 1 aliphatic rings. The van der Waals surface area contributed by atoms with E-state index in [1.54, 1.807) is 0 Å². The van der Waals surface area contributed by atoms with Crippen molar-refractivity contribution < 1.29 is 5.11 Å². The first kappa shape index (κ1) is 7.07. The van der Waals surface area contributed by atoms with Gasteiger partial charge in [-0.1, -0.05) is 11.6 Å². The first-order valence-corrected chi connectivity index (χ1v) is 3.90. The van der Waals surface area contributed by atoms with Crippen LogP contribution in [0, 0.1) is 6.92 Å². The Morgan fingerprint density at radius 2 is 2.45 bits per heavy atom. The second-order valence-electron chi connectivity index (χ2n) is 2.85. The molecular formula is C8H8ClNO. The van der Waals surface area contributed by atoms with Gasteiger partial charge in [-0.15, -0.1) is 0 Å². The maximum Gasteiger partial charge on any atom is 0.135 e. The summed E-state index contributed by atoms with van der Waals surface area (Å²) in [6.07, 6.45) is 0.337. The molecule has 3 heteroatoms. The fraction of sp³-hybridized carbons (Fsp3) is 0.375. The Labute approximate surface area is 69.8 Å². The lowest BCUT2D eigenvalue weighted by Gasteiger charge is -2.26. The Hall–Kier alpha value is -0.600. The van der Waals surface area contributed by atoms with E-state index in [0.29, 0.717) is 5.15 Å². The van der Waals surface area contributed by atoms with Gasteiger partial charge >= 0.3 is 0 Å². The zero-order valence-electron chi connectivity index (χ0n) is 6.13. The summed E-state index contributed by atoms with van der Waals surface area (Å²) in [6, 6.07) is 1.97. The number of pyridine rings is 1. The summed E-state index contributed by atoms with van der Waals surface area (Å²) in [5.41, 5.74) is 2.87. The number of nitrogens with zero attached hydrogens (tertiary/aromatic N) is 1. The second kappa shape index (κ2) is 2.19. The molecule has 2 rings (SSSR count). The first-order chi connectivity index (χ1) is 5.18. The van der Waals surface area contributed by atoms with Crippen molar-refractivity contribution in [3.8, 4) is 0 Å². The molecule has 11 heavy (non-hydrogen) atoms. The molecule has 0 aliphatic heterocycles. The number of aromatic nitrogens is 1.